The number of methoxy groups -OCH3 is 1. The molecule has 0 saturated carbocycles. The van der Waals surface area contributed by atoms with Crippen LogP contribution in [0.25, 0.3) is 22.3 Å². The number of rotatable bonds is 48. The lowest BCUT2D eigenvalue weighted by molar-refractivity contribution is -0.214. The molecule has 2 fully saturated rings. The molecule has 0 radical (unpaired) electrons. The van der Waals surface area contributed by atoms with Gasteiger partial charge in [0.15, 0.2) is 22.9 Å². The van der Waals surface area contributed by atoms with Crippen LogP contribution in [0.2, 0.25) is 0 Å². The lowest BCUT2D eigenvalue weighted by Gasteiger charge is -2.43. The first-order valence-corrected chi connectivity index (χ1v) is 37.5. The van der Waals surface area contributed by atoms with Crippen molar-refractivity contribution in [3.05, 3.63) is 25.3 Å². The summed E-state index contributed by atoms with van der Waals surface area (Å²) in [5.41, 5.74) is 11.1. The minimum absolute atomic E-state index is 0.0308. The van der Waals surface area contributed by atoms with Crippen LogP contribution in [0, 0.1) is 0 Å². The normalized spacial score (nSPS) is 22.3. The molecule has 4 aromatic heterocycles. The Labute approximate surface area is 525 Å². The van der Waals surface area contributed by atoms with Crippen molar-refractivity contribution in [1.82, 2.24) is 39.0 Å². The first-order chi connectivity index (χ1) is 43.1. The Morgan fingerprint density at radius 2 is 1.31 bits per heavy atom. The SMILES string of the molecule is CCCCCCCCCCCCCCCCCC(=O)OCCSP(=O)(O)OCC1OCCC[C@]1(COP(=O)(O)OCC(O)[C@@H](COP(=O)(O)OC1CO[C@H](COP(=O)(O)OCCO)C1OC)OCn1cnc2c(N)ncnc21)OCn1cnc2c(N)ncnc21. The van der Waals surface area contributed by atoms with Crippen molar-refractivity contribution >= 4 is 81.6 Å². The minimum atomic E-state index is -5.27. The number of phosphoric ester groups is 3. The first-order valence-electron chi connectivity index (χ1n) is 29.9. The van der Waals surface area contributed by atoms with Crippen LogP contribution in [-0.4, -0.2) is 196 Å². The number of nitrogens with two attached hydrogens (primary N) is 2. The number of nitrogens with zero attached hydrogens (tertiary/aromatic N) is 8. The van der Waals surface area contributed by atoms with E-state index in [1.54, 1.807) is 0 Å². The fourth-order valence-corrected chi connectivity index (χ4v) is 14.3. The zero-order valence-corrected chi connectivity index (χ0v) is 55.0. The van der Waals surface area contributed by atoms with Crippen molar-refractivity contribution in [2.75, 3.05) is 90.4 Å². The molecule has 0 aromatic carbocycles. The summed E-state index contributed by atoms with van der Waals surface area (Å²) in [6.45, 7) is -8.61. The van der Waals surface area contributed by atoms with Crippen LogP contribution in [-0.2, 0) is 96.6 Å². The average Bonchev–Trinajstić information content (AvgIpc) is 1.39. The molecule has 0 amide bonds. The van der Waals surface area contributed by atoms with Crippen LogP contribution in [0.3, 0.4) is 0 Å². The molecule has 2 aliphatic heterocycles. The fraction of sp³-hybridized carbons (Fsp3) is 0.784. The second kappa shape index (κ2) is 38.3. The van der Waals surface area contributed by atoms with E-state index >= 15 is 0 Å². The maximum Gasteiger partial charge on any atom is 0.472 e. The van der Waals surface area contributed by atoms with E-state index in [0.29, 0.717) is 17.8 Å². The molecule has 4 aromatic rings. The number of aromatic nitrogens is 8. The molecule has 0 bridgehead atoms. The minimum Gasteiger partial charge on any atom is -0.465 e. The molecule has 2 aliphatic rings. The predicted molar refractivity (Wildman–Crippen MR) is 324 cm³/mol. The van der Waals surface area contributed by atoms with Crippen LogP contribution in [0.4, 0.5) is 11.6 Å². The Kier molecular flexibility index (Phi) is 32.2. The summed E-state index contributed by atoms with van der Waals surface area (Å²) in [7, 11) is -13.9. The van der Waals surface area contributed by atoms with E-state index in [1.165, 1.54) is 106 Å². The highest BCUT2D eigenvalue weighted by Gasteiger charge is 2.48. The van der Waals surface area contributed by atoms with Gasteiger partial charge in [0.05, 0.1) is 65.5 Å². The number of esters is 1. The lowest BCUT2D eigenvalue weighted by Crippen LogP contribution is -2.55. The molecule has 0 spiro atoms. The molecular weight excluding hydrogens is 1290 g/mol. The maximum absolute atomic E-state index is 13.8. The van der Waals surface area contributed by atoms with Gasteiger partial charge in [-0.1, -0.05) is 96.8 Å². The summed E-state index contributed by atoms with van der Waals surface area (Å²) in [6, 6.07) is 0. The number of carbonyl (C=O) groups excluding carboxylic acids is 1. The average molecular weight is 1380 g/mol. The highest BCUT2D eigenvalue weighted by molar-refractivity contribution is 8.54. The number of ether oxygens (including phenoxy) is 6. The van der Waals surface area contributed by atoms with Gasteiger partial charge in [-0.05, 0) is 30.6 Å². The van der Waals surface area contributed by atoms with Gasteiger partial charge in [0, 0.05) is 25.9 Å². The van der Waals surface area contributed by atoms with E-state index < -0.39 is 138 Å². The molecule has 39 heteroatoms. The van der Waals surface area contributed by atoms with Crippen molar-refractivity contribution in [3.63, 3.8) is 0 Å². The number of aliphatic hydroxyl groups excluding tert-OH is 2. The van der Waals surface area contributed by atoms with Gasteiger partial charge in [0.2, 0.25) is 0 Å². The number of unbranched alkanes of at least 4 members (excludes halogenated alkanes) is 14. The van der Waals surface area contributed by atoms with Crippen molar-refractivity contribution in [2.24, 2.45) is 0 Å². The third kappa shape index (κ3) is 25.5. The smallest absolute Gasteiger partial charge is 0.465 e. The van der Waals surface area contributed by atoms with Gasteiger partial charge in [0.25, 0.3) is 0 Å². The van der Waals surface area contributed by atoms with E-state index in [0.717, 1.165) is 25.6 Å². The van der Waals surface area contributed by atoms with Crippen LogP contribution in [0.5, 0.6) is 0 Å². The largest absolute Gasteiger partial charge is 0.472 e. The molecule has 10 N–H and O–H groups in total. The van der Waals surface area contributed by atoms with Gasteiger partial charge in [-0.25, -0.2) is 48.2 Å². The maximum atomic E-state index is 13.8. The van der Waals surface area contributed by atoms with E-state index in [2.05, 4.69) is 41.4 Å². The topological polar surface area (TPSA) is 466 Å². The van der Waals surface area contributed by atoms with Crippen LogP contribution in [0.1, 0.15) is 122 Å². The number of phosphoric acid groups is 3. The fourth-order valence-electron chi connectivity index (χ4n) is 9.75. The number of hydrogen-bond donors (Lipinski definition) is 8. The number of hydrogen-bond acceptors (Lipinski definition) is 29. The summed E-state index contributed by atoms with van der Waals surface area (Å²) in [5.74, 6) is -0.385. The number of aliphatic hydroxyl groups is 2. The number of nitrogen functional groups attached to an aromatic ring is 2. The van der Waals surface area contributed by atoms with Gasteiger partial charge in [-0.15, -0.1) is 0 Å². The van der Waals surface area contributed by atoms with Crippen molar-refractivity contribution in [1.29, 1.82) is 0 Å². The molecule has 2 saturated heterocycles. The van der Waals surface area contributed by atoms with Gasteiger partial charge in [-0.3, -0.25) is 45.6 Å². The third-order valence-corrected chi connectivity index (χ3v) is 20.5. The third-order valence-electron chi connectivity index (χ3n) is 14.6. The summed E-state index contributed by atoms with van der Waals surface area (Å²) in [5, 5.41) is 20.4. The Bertz CT molecular complexity index is 2980. The second-order valence-electron chi connectivity index (χ2n) is 21.4. The molecule has 90 heavy (non-hydrogen) atoms. The summed E-state index contributed by atoms with van der Waals surface area (Å²) >= 11 is 0.530. The zero-order chi connectivity index (χ0) is 65.1. The monoisotopic (exact) mass is 1380 g/mol. The van der Waals surface area contributed by atoms with Crippen LogP contribution < -0.4 is 11.5 Å². The molecule has 11 atom stereocenters. The summed E-state index contributed by atoms with van der Waals surface area (Å²) < 4.78 is 127. The molecule has 6 rings (SSSR count). The van der Waals surface area contributed by atoms with Crippen LogP contribution >= 0.6 is 41.6 Å². The molecule has 0 aliphatic carbocycles. The number of fused-ring (bicyclic) bond motifs is 2. The van der Waals surface area contributed by atoms with Crippen molar-refractivity contribution in [2.45, 2.75) is 178 Å². The highest BCUT2D eigenvalue weighted by Crippen LogP contribution is 2.56. The molecule has 512 valence electrons. The number of anilines is 2. The van der Waals surface area contributed by atoms with E-state index in [1.807, 2.05) is 0 Å². The van der Waals surface area contributed by atoms with Gasteiger partial charge in [-0.2, -0.15) is 0 Å². The molecular formula is C51H88N10O24P4S. The van der Waals surface area contributed by atoms with E-state index in [9.17, 15) is 47.7 Å². The molecule has 6 heterocycles. The Morgan fingerprint density at radius 1 is 0.722 bits per heavy atom. The Hall–Kier alpha value is -3.28. The van der Waals surface area contributed by atoms with Gasteiger partial charge in [0.1, 0.15) is 86.0 Å². The standard InChI is InChI=1S/C51H88N10O24P4S/c1-3-4-5-6-7-8-9-10-11-12-13-14-15-16-17-19-43(64)75-24-25-90-89(71,72)83-30-42-51(20-18-22-74-42,78-37-61-35-59-45-48(53)55-33-57-50(45)61)31-84-87(67,68)80-26-38(63)39(77-36-60-34-58-44-47(52)54-32-56-49(44)60)28-82-88(69,70)85-41-27-76-40(46(41)73-2)29-81-86(65,66)79-23-21-62/h32-35,38-42,46,62-63H,3-31,36-37H2,1-2H3,(H,65,66)(H,67,68)(H,69,70)(H,71,72)(H2,52,54,56)(H2,53,55,57)/t38?,39-,40-,41?,42?,46?,51-/m1/s1. The number of carbonyl (C=O) groups is 1. The molecule has 34 nitrogen and oxygen atoms in total. The van der Waals surface area contributed by atoms with Crippen molar-refractivity contribution < 1.29 is 113 Å². The lowest BCUT2D eigenvalue weighted by atomic mass is 9.90. The summed E-state index contributed by atoms with van der Waals surface area (Å²) in [6.07, 6.45) is 15.0. The molecule has 8 unspecified atom stereocenters. The Balaban J connectivity index is 1.03. The zero-order valence-electron chi connectivity index (χ0n) is 50.7. The van der Waals surface area contributed by atoms with Gasteiger partial charge < -0.3 is 69.7 Å². The van der Waals surface area contributed by atoms with Crippen molar-refractivity contribution in [3.8, 4) is 0 Å². The van der Waals surface area contributed by atoms with Crippen LogP contribution in [0.15, 0.2) is 25.3 Å². The number of imidazole rings is 2. The first kappa shape index (κ1) is 75.7. The predicted octanol–water partition coefficient (Wildman–Crippen LogP) is 6.26. The quantitative estimate of drug-likeness (QED) is 0.0137. The summed E-state index contributed by atoms with van der Waals surface area (Å²) in [4.78, 5) is 80.0. The van der Waals surface area contributed by atoms with Gasteiger partial charge >= 0.3 is 36.2 Å². The van der Waals surface area contributed by atoms with E-state index in [4.69, 9.17) is 72.1 Å². The Morgan fingerprint density at radius 3 is 1.92 bits per heavy atom. The van der Waals surface area contributed by atoms with E-state index in [-0.39, 0.29) is 78.9 Å². The highest BCUT2D eigenvalue weighted by atomic mass is 32.7. The second-order valence-corrected chi connectivity index (χ2v) is 29.7.